The van der Waals surface area contributed by atoms with Gasteiger partial charge in [-0.15, -0.1) is 0 Å². The van der Waals surface area contributed by atoms with Crippen LogP contribution in [0.4, 0.5) is 22.1 Å². The van der Waals surface area contributed by atoms with Crippen LogP contribution in [0, 0.1) is 23.3 Å². The average molecular weight is 587 g/mol. The number of hydrogen-bond acceptors (Lipinski definition) is 5. The van der Waals surface area contributed by atoms with Crippen LogP contribution in [-0.2, 0) is 29.1 Å². The molecule has 0 fully saturated rings. The molecule has 220 valence electrons. The highest BCUT2D eigenvalue weighted by Crippen LogP contribution is 2.35. The molecule has 0 saturated carbocycles. The molecule has 1 aliphatic heterocycles. The van der Waals surface area contributed by atoms with E-state index < -0.39 is 23.2 Å². The number of fused-ring (bicyclic) bond motifs is 2. The van der Waals surface area contributed by atoms with Crippen LogP contribution < -0.4 is 10.1 Å². The second kappa shape index (κ2) is 14.3. The molecule has 6 rings (SSSR count). The number of carbonyl (C=O) groups excluding carboxylic acids is 1. The van der Waals surface area contributed by atoms with Crippen LogP contribution in [0.1, 0.15) is 30.3 Å². The summed E-state index contributed by atoms with van der Waals surface area (Å²) in [6, 6.07) is 13.5. The van der Waals surface area contributed by atoms with E-state index in [4.69, 9.17) is 9.53 Å². The summed E-state index contributed by atoms with van der Waals surface area (Å²) >= 11 is 0. The number of aromatic amines is 2. The third-order valence-electron chi connectivity index (χ3n) is 6.33. The smallest absolute Gasteiger partial charge is 0.337 e. The summed E-state index contributed by atoms with van der Waals surface area (Å²) in [6.07, 6.45) is 4.10. The number of rotatable bonds is 6. The summed E-state index contributed by atoms with van der Waals surface area (Å²) in [6.45, 7) is 3.20. The molecule has 0 unspecified atom stereocenters. The third kappa shape index (κ3) is 7.13. The van der Waals surface area contributed by atoms with Crippen LogP contribution in [-0.4, -0.2) is 28.0 Å². The first-order chi connectivity index (χ1) is 20.4. The van der Waals surface area contributed by atoms with Gasteiger partial charge in [0.05, 0.1) is 22.5 Å². The Kier molecular flexibility index (Phi) is 10.3. The number of nitrogens with one attached hydrogen (secondary N) is 3. The van der Waals surface area contributed by atoms with Crippen molar-refractivity contribution in [2.75, 3.05) is 6.54 Å². The lowest BCUT2D eigenvalue weighted by Crippen LogP contribution is -2.23. The Hall–Kier alpha value is -4.71. The Bertz CT molecular complexity index is 1630. The van der Waals surface area contributed by atoms with E-state index in [1.54, 1.807) is 6.07 Å². The summed E-state index contributed by atoms with van der Waals surface area (Å²) in [5, 5.41) is 3.43. The Labute approximate surface area is 237 Å². The van der Waals surface area contributed by atoms with Gasteiger partial charge in [0.15, 0.2) is 17.4 Å². The molecule has 1 aliphatic rings. The van der Waals surface area contributed by atoms with Crippen molar-refractivity contribution in [1.82, 2.24) is 20.3 Å². The standard InChI is InChI=1S/C20H15F3N4O.C9H11F.CHFO2/c21-13-2-1-10(7-12(13)20-26-15-4-5-24-9-17(15)27-20)28-19-14(22)8-16-11(18(19)23)3-6-25-16;1-2-5-8-6-3-4-7-9(8)10;2-4-1-3/h1-3,6-8,24-25H,4-5,9H2,(H,26,27);3-4,6-7H,2,5H2,1H3;1H. The van der Waals surface area contributed by atoms with Crippen molar-refractivity contribution in [2.24, 2.45) is 0 Å². The lowest BCUT2D eigenvalue weighted by atomic mass is 10.1. The van der Waals surface area contributed by atoms with E-state index in [2.05, 4.69) is 25.2 Å². The Morgan fingerprint density at radius 1 is 1.00 bits per heavy atom. The largest absolute Gasteiger partial charge is 0.451 e. The minimum Gasteiger partial charge on any atom is -0.451 e. The SMILES string of the molecule is CCCc1ccccc1F.Fc1ccc(Oc2c(F)cc3[nH]ccc3c2F)cc1-c1nc2c([nH]1)CNCC2.O=COF. The molecule has 0 aliphatic carbocycles. The first-order valence-electron chi connectivity index (χ1n) is 13.0. The van der Waals surface area contributed by atoms with Gasteiger partial charge >= 0.3 is 6.47 Å². The molecule has 3 N–H and O–H groups in total. The Morgan fingerprint density at radius 2 is 1.79 bits per heavy atom. The zero-order valence-electron chi connectivity index (χ0n) is 22.4. The molecule has 5 aromatic rings. The van der Waals surface area contributed by atoms with Gasteiger partial charge < -0.3 is 20.0 Å². The van der Waals surface area contributed by atoms with E-state index in [-0.39, 0.29) is 29.0 Å². The number of aromatic nitrogens is 3. The minimum atomic E-state index is -0.849. The molecule has 0 amide bonds. The van der Waals surface area contributed by atoms with Gasteiger partial charge in [-0.05, 0) is 42.3 Å². The van der Waals surface area contributed by atoms with Crippen LogP contribution >= 0.6 is 0 Å². The molecule has 42 heavy (non-hydrogen) atoms. The van der Waals surface area contributed by atoms with Crippen molar-refractivity contribution >= 4 is 17.4 Å². The van der Waals surface area contributed by atoms with Crippen molar-refractivity contribution < 1.29 is 36.6 Å². The summed E-state index contributed by atoms with van der Waals surface area (Å²) in [4.78, 5) is 21.2. The van der Waals surface area contributed by atoms with E-state index in [1.165, 1.54) is 36.5 Å². The molecule has 0 bridgehead atoms. The zero-order valence-corrected chi connectivity index (χ0v) is 22.4. The van der Waals surface area contributed by atoms with E-state index in [0.717, 1.165) is 48.8 Å². The number of hydrogen-bond donors (Lipinski definition) is 3. The lowest BCUT2D eigenvalue weighted by molar-refractivity contribution is -0.165. The summed E-state index contributed by atoms with van der Waals surface area (Å²) < 4.78 is 71.4. The number of benzene rings is 3. The maximum atomic E-state index is 14.6. The molecule has 3 heterocycles. The van der Waals surface area contributed by atoms with Crippen molar-refractivity contribution in [3.05, 3.63) is 101 Å². The maximum Gasteiger partial charge on any atom is 0.337 e. The zero-order chi connectivity index (χ0) is 30.1. The molecule has 0 radical (unpaired) electrons. The molecule has 2 aromatic heterocycles. The van der Waals surface area contributed by atoms with Crippen molar-refractivity contribution in [3.63, 3.8) is 0 Å². The first-order valence-corrected chi connectivity index (χ1v) is 13.0. The van der Waals surface area contributed by atoms with E-state index in [1.807, 2.05) is 19.1 Å². The summed E-state index contributed by atoms with van der Waals surface area (Å²) in [7, 11) is 0. The van der Waals surface area contributed by atoms with Crippen LogP contribution in [0.25, 0.3) is 22.3 Å². The van der Waals surface area contributed by atoms with Gasteiger partial charge in [-0.1, -0.05) is 31.5 Å². The van der Waals surface area contributed by atoms with E-state index in [9.17, 15) is 22.1 Å². The van der Waals surface area contributed by atoms with Gasteiger partial charge in [0, 0.05) is 41.7 Å². The minimum absolute atomic E-state index is 0.0793. The molecule has 12 heteroatoms. The average Bonchev–Trinajstić information content (AvgIpc) is 3.65. The number of aryl methyl sites for hydroxylation is 1. The fourth-order valence-corrected chi connectivity index (χ4v) is 4.39. The van der Waals surface area contributed by atoms with Crippen LogP contribution in [0.5, 0.6) is 11.5 Å². The summed E-state index contributed by atoms with van der Waals surface area (Å²) in [5.41, 5.74) is 3.12. The molecule has 0 spiro atoms. The highest BCUT2D eigenvalue weighted by molar-refractivity contribution is 5.82. The quantitative estimate of drug-likeness (QED) is 0.144. The predicted octanol–water partition coefficient (Wildman–Crippen LogP) is 7.24. The normalized spacial score (nSPS) is 12.0. The van der Waals surface area contributed by atoms with Crippen molar-refractivity contribution in [3.8, 4) is 22.9 Å². The van der Waals surface area contributed by atoms with Gasteiger partial charge in [0.1, 0.15) is 23.2 Å². The highest BCUT2D eigenvalue weighted by Gasteiger charge is 2.20. The number of carbonyl (C=O) groups is 1. The fraction of sp³-hybridized carbons (Fsp3) is 0.200. The number of nitrogens with zero attached hydrogens (tertiary/aromatic N) is 1. The van der Waals surface area contributed by atoms with Gasteiger partial charge in [0.2, 0.25) is 0 Å². The molecule has 7 nitrogen and oxygen atoms in total. The summed E-state index contributed by atoms with van der Waals surface area (Å²) in [5.74, 6) is -2.32. The van der Waals surface area contributed by atoms with Crippen molar-refractivity contribution in [1.29, 1.82) is 0 Å². The Balaban J connectivity index is 0.000000241. The molecule has 0 saturated heterocycles. The molecule has 3 aromatic carbocycles. The maximum absolute atomic E-state index is 14.6. The van der Waals surface area contributed by atoms with Gasteiger partial charge in [-0.3, -0.25) is 9.74 Å². The van der Waals surface area contributed by atoms with Gasteiger partial charge in [0.25, 0.3) is 0 Å². The lowest BCUT2D eigenvalue weighted by Gasteiger charge is -2.10. The third-order valence-corrected chi connectivity index (χ3v) is 6.33. The van der Waals surface area contributed by atoms with E-state index in [0.29, 0.717) is 17.9 Å². The van der Waals surface area contributed by atoms with Crippen molar-refractivity contribution in [2.45, 2.75) is 32.7 Å². The van der Waals surface area contributed by atoms with Gasteiger partial charge in [-0.25, -0.2) is 22.5 Å². The van der Waals surface area contributed by atoms with E-state index >= 15 is 0 Å². The van der Waals surface area contributed by atoms with Crippen LogP contribution in [0.15, 0.2) is 60.8 Å². The highest BCUT2D eigenvalue weighted by atomic mass is 19.3. The molecule has 0 atom stereocenters. The Morgan fingerprint density at radius 3 is 2.50 bits per heavy atom. The van der Waals surface area contributed by atoms with Crippen LogP contribution in [0.3, 0.4) is 0 Å². The second-order valence-electron chi connectivity index (χ2n) is 9.15. The second-order valence-corrected chi connectivity index (χ2v) is 9.15. The number of H-pyrrole nitrogens is 2. The van der Waals surface area contributed by atoms with Crippen LogP contribution in [0.2, 0.25) is 0 Å². The predicted molar refractivity (Wildman–Crippen MR) is 146 cm³/mol. The number of ether oxygens (including phenoxy) is 1. The monoisotopic (exact) mass is 586 g/mol. The fourth-order valence-electron chi connectivity index (χ4n) is 4.39. The van der Waals surface area contributed by atoms with Gasteiger partial charge in [-0.2, -0.15) is 0 Å². The molecular weight excluding hydrogens is 559 g/mol. The number of imidazole rings is 1. The topological polar surface area (TPSA) is 92.0 Å². The first kappa shape index (κ1) is 30.3. The molecular formula is C30H27F5N4O3. The number of halogens is 5.